The summed E-state index contributed by atoms with van der Waals surface area (Å²) in [5.74, 6) is -0.555. The molecule has 140 valence electrons. The van der Waals surface area contributed by atoms with Gasteiger partial charge in [-0.15, -0.1) is 11.3 Å². The van der Waals surface area contributed by atoms with E-state index >= 15 is 0 Å². The molecule has 0 aliphatic heterocycles. The molecular formula is C21H21FN2O2S. The van der Waals surface area contributed by atoms with Gasteiger partial charge in [0.2, 0.25) is 0 Å². The number of hydrogen-bond acceptors (Lipinski definition) is 5. The molecule has 4 nitrogen and oxygen atoms in total. The number of carbonyl (C=O) groups is 1. The third-order valence-corrected chi connectivity index (χ3v) is 4.88. The second-order valence-corrected chi connectivity index (χ2v) is 6.94. The van der Waals surface area contributed by atoms with Crippen molar-refractivity contribution in [2.45, 2.75) is 20.0 Å². The summed E-state index contributed by atoms with van der Waals surface area (Å²) in [7, 11) is 0. The molecule has 0 fully saturated rings. The van der Waals surface area contributed by atoms with Crippen molar-refractivity contribution in [3.05, 3.63) is 77.1 Å². The molecular weight excluding hydrogens is 363 g/mol. The van der Waals surface area contributed by atoms with E-state index in [-0.39, 0.29) is 18.3 Å². The van der Waals surface area contributed by atoms with Gasteiger partial charge in [-0.1, -0.05) is 42.5 Å². The van der Waals surface area contributed by atoms with Crippen LogP contribution in [-0.2, 0) is 22.6 Å². The van der Waals surface area contributed by atoms with Gasteiger partial charge in [0.1, 0.15) is 10.8 Å². The molecule has 0 saturated heterocycles. The standard InChI is InChI=1S/C21H21FN2O2S/c1-2-26-20(25)14-24(12-16-8-10-18(22)11-9-16)13-19-15-27-21(23-19)17-6-4-3-5-7-17/h3-11,15H,2,12-14H2,1H3. The van der Waals surface area contributed by atoms with Gasteiger partial charge in [-0.2, -0.15) is 0 Å². The molecule has 0 spiro atoms. The topological polar surface area (TPSA) is 42.4 Å². The van der Waals surface area contributed by atoms with Crippen molar-refractivity contribution in [3.63, 3.8) is 0 Å². The number of hydrogen-bond donors (Lipinski definition) is 0. The van der Waals surface area contributed by atoms with Crippen LogP contribution in [0.15, 0.2) is 60.0 Å². The van der Waals surface area contributed by atoms with Crippen LogP contribution >= 0.6 is 11.3 Å². The molecule has 3 rings (SSSR count). The maximum absolute atomic E-state index is 13.1. The molecule has 0 aliphatic rings. The highest BCUT2D eigenvalue weighted by Crippen LogP contribution is 2.24. The maximum Gasteiger partial charge on any atom is 0.320 e. The van der Waals surface area contributed by atoms with Crippen molar-refractivity contribution in [1.29, 1.82) is 0 Å². The van der Waals surface area contributed by atoms with Gasteiger partial charge in [-0.3, -0.25) is 9.69 Å². The Kier molecular flexibility index (Phi) is 6.68. The summed E-state index contributed by atoms with van der Waals surface area (Å²) in [6.07, 6.45) is 0. The van der Waals surface area contributed by atoms with Crippen LogP contribution in [-0.4, -0.2) is 29.0 Å². The van der Waals surface area contributed by atoms with Crippen molar-refractivity contribution in [2.24, 2.45) is 0 Å². The lowest BCUT2D eigenvalue weighted by Crippen LogP contribution is -2.30. The van der Waals surface area contributed by atoms with E-state index in [1.165, 1.54) is 12.1 Å². The minimum Gasteiger partial charge on any atom is -0.465 e. The number of thiazole rings is 1. The quantitative estimate of drug-likeness (QED) is 0.536. The van der Waals surface area contributed by atoms with E-state index in [1.807, 2.05) is 40.6 Å². The lowest BCUT2D eigenvalue weighted by Gasteiger charge is -2.20. The SMILES string of the molecule is CCOC(=O)CN(Cc1ccc(F)cc1)Cc1csc(-c2ccccc2)n1. The van der Waals surface area contributed by atoms with Crippen LogP contribution in [0.4, 0.5) is 4.39 Å². The number of ether oxygens (including phenoxy) is 1. The summed E-state index contributed by atoms with van der Waals surface area (Å²) in [5, 5.41) is 2.95. The van der Waals surface area contributed by atoms with E-state index in [9.17, 15) is 9.18 Å². The fourth-order valence-electron chi connectivity index (χ4n) is 2.73. The normalized spacial score (nSPS) is 10.9. The lowest BCUT2D eigenvalue weighted by atomic mass is 10.2. The zero-order valence-electron chi connectivity index (χ0n) is 15.1. The second kappa shape index (κ2) is 9.39. The smallest absolute Gasteiger partial charge is 0.320 e. The molecule has 0 bridgehead atoms. The first kappa shape index (κ1) is 19.2. The Hall–Kier alpha value is -2.57. The van der Waals surface area contributed by atoms with Crippen molar-refractivity contribution in [1.82, 2.24) is 9.88 Å². The minimum absolute atomic E-state index is 0.156. The third kappa shape index (κ3) is 5.70. The fourth-order valence-corrected chi connectivity index (χ4v) is 3.54. The van der Waals surface area contributed by atoms with Crippen LogP contribution in [0.3, 0.4) is 0 Å². The molecule has 2 aromatic carbocycles. The average Bonchev–Trinajstić information content (AvgIpc) is 3.13. The summed E-state index contributed by atoms with van der Waals surface area (Å²) in [6, 6.07) is 16.3. The Morgan fingerprint density at radius 1 is 1.11 bits per heavy atom. The first-order chi connectivity index (χ1) is 13.1. The first-order valence-corrected chi connectivity index (χ1v) is 9.64. The third-order valence-electron chi connectivity index (χ3n) is 3.94. The number of nitrogens with zero attached hydrogens (tertiary/aromatic N) is 2. The number of aromatic nitrogens is 1. The molecule has 1 heterocycles. The van der Waals surface area contributed by atoms with Gasteiger partial charge in [0.25, 0.3) is 0 Å². The molecule has 0 N–H and O–H groups in total. The van der Waals surface area contributed by atoms with Crippen molar-refractivity contribution in [2.75, 3.05) is 13.2 Å². The molecule has 0 aliphatic carbocycles. The summed E-state index contributed by atoms with van der Waals surface area (Å²) in [6.45, 7) is 3.31. The van der Waals surface area contributed by atoms with Crippen LogP contribution in [0.2, 0.25) is 0 Å². The van der Waals surface area contributed by atoms with E-state index < -0.39 is 0 Å². The van der Waals surface area contributed by atoms with Gasteiger partial charge in [0.15, 0.2) is 0 Å². The van der Waals surface area contributed by atoms with Crippen molar-refractivity contribution < 1.29 is 13.9 Å². The zero-order valence-corrected chi connectivity index (χ0v) is 15.9. The summed E-state index contributed by atoms with van der Waals surface area (Å²) in [4.78, 5) is 18.6. The van der Waals surface area contributed by atoms with Crippen LogP contribution in [0.1, 0.15) is 18.2 Å². The van der Waals surface area contributed by atoms with Gasteiger partial charge in [0, 0.05) is 24.0 Å². The predicted molar refractivity (Wildman–Crippen MR) is 105 cm³/mol. The average molecular weight is 384 g/mol. The van der Waals surface area contributed by atoms with E-state index in [2.05, 4.69) is 0 Å². The summed E-state index contributed by atoms with van der Waals surface area (Å²) in [5.41, 5.74) is 2.90. The van der Waals surface area contributed by atoms with Gasteiger partial charge in [0.05, 0.1) is 18.8 Å². The van der Waals surface area contributed by atoms with Gasteiger partial charge in [-0.05, 0) is 24.6 Å². The lowest BCUT2D eigenvalue weighted by molar-refractivity contribution is -0.144. The Morgan fingerprint density at radius 2 is 1.85 bits per heavy atom. The molecule has 1 aromatic heterocycles. The minimum atomic E-state index is -0.280. The monoisotopic (exact) mass is 384 g/mol. The van der Waals surface area contributed by atoms with Crippen LogP contribution in [0.5, 0.6) is 0 Å². The summed E-state index contributed by atoms with van der Waals surface area (Å²) < 4.78 is 18.2. The molecule has 0 saturated carbocycles. The highest BCUT2D eigenvalue weighted by Gasteiger charge is 2.15. The molecule has 6 heteroatoms. The molecule has 0 radical (unpaired) electrons. The molecule has 0 atom stereocenters. The number of esters is 1. The van der Waals surface area contributed by atoms with Crippen molar-refractivity contribution in [3.8, 4) is 10.6 Å². The maximum atomic E-state index is 13.1. The van der Waals surface area contributed by atoms with Crippen LogP contribution < -0.4 is 0 Å². The van der Waals surface area contributed by atoms with E-state index in [0.717, 1.165) is 21.8 Å². The van der Waals surface area contributed by atoms with Crippen LogP contribution in [0, 0.1) is 5.82 Å². The van der Waals surface area contributed by atoms with Gasteiger partial charge < -0.3 is 4.74 Å². The highest BCUT2D eigenvalue weighted by molar-refractivity contribution is 7.13. The fraction of sp³-hybridized carbons (Fsp3) is 0.238. The first-order valence-electron chi connectivity index (χ1n) is 8.76. The number of benzene rings is 2. The zero-order chi connectivity index (χ0) is 19.1. The number of halogens is 1. The van der Waals surface area contributed by atoms with Crippen LogP contribution in [0.25, 0.3) is 10.6 Å². The molecule has 0 amide bonds. The summed E-state index contributed by atoms with van der Waals surface area (Å²) >= 11 is 1.58. The Balaban J connectivity index is 1.73. The van der Waals surface area contributed by atoms with Gasteiger partial charge >= 0.3 is 5.97 Å². The highest BCUT2D eigenvalue weighted by atomic mass is 32.1. The Bertz CT molecular complexity index is 865. The van der Waals surface area contributed by atoms with Gasteiger partial charge in [-0.25, -0.2) is 9.37 Å². The Labute approximate surface area is 162 Å². The predicted octanol–water partition coefficient (Wildman–Crippen LogP) is 4.51. The number of carbonyl (C=O) groups excluding carboxylic acids is 1. The van der Waals surface area contributed by atoms with E-state index in [0.29, 0.717) is 19.7 Å². The molecule has 27 heavy (non-hydrogen) atoms. The largest absolute Gasteiger partial charge is 0.465 e. The number of rotatable bonds is 8. The van der Waals surface area contributed by atoms with Crippen molar-refractivity contribution >= 4 is 17.3 Å². The second-order valence-electron chi connectivity index (χ2n) is 6.09. The van der Waals surface area contributed by atoms with E-state index in [4.69, 9.17) is 9.72 Å². The Morgan fingerprint density at radius 3 is 2.56 bits per heavy atom. The molecule has 0 unspecified atom stereocenters. The van der Waals surface area contributed by atoms with E-state index in [1.54, 1.807) is 30.4 Å². The molecule has 3 aromatic rings.